The summed E-state index contributed by atoms with van der Waals surface area (Å²) >= 11 is 0. The smallest absolute Gasteiger partial charge is 0.246 e. The van der Waals surface area contributed by atoms with Gasteiger partial charge in [-0.3, -0.25) is 9.59 Å². The van der Waals surface area contributed by atoms with Gasteiger partial charge >= 0.3 is 0 Å². The second-order valence-electron chi connectivity index (χ2n) is 5.84. The minimum atomic E-state index is -0.549. The van der Waals surface area contributed by atoms with Gasteiger partial charge in [-0.15, -0.1) is 0 Å². The summed E-state index contributed by atoms with van der Waals surface area (Å²) in [4.78, 5) is 32.4. The number of carbonyl (C=O) groups is 2. The van der Waals surface area contributed by atoms with E-state index in [0.717, 1.165) is 5.56 Å². The molecule has 1 aliphatic heterocycles. The van der Waals surface area contributed by atoms with Crippen LogP contribution in [0.1, 0.15) is 31.1 Å². The Labute approximate surface area is 140 Å². The van der Waals surface area contributed by atoms with Gasteiger partial charge in [0.2, 0.25) is 17.7 Å². The standard InChI is InChI=1S/C17H20N4O3/c1-3-14-18-15(24-19-14)10-21-12(2)17(23)20(11-16(21)22)9-13-7-5-4-6-8-13/h4-8,12H,3,9-11H2,1-2H3/t12-/m1/s1. The van der Waals surface area contributed by atoms with Gasteiger partial charge in [-0.1, -0.05) is 42.4 Å². The Bertz CT molecular complexity index is 728. The number of aryl methyl sites for hydroxylation is 1. The van der Waals surface area contributed by atoms with Crippen molar-refractivity contribution in [2.24, 2.45) is 0 Å². The zero-order valence-electron chi connectivity index (χ0n) is 13.8. The molecule has 0 bridgehead atoms. The minimum Gasteiger partial charge on any atom is -0.337 e. The Morgan fingerprint density at radius 2 is 1.96 bits per heavy atom. The zero-order chi connectivity index (χ0) is 17.1. The van der Waals surface area contributed by atoms with E-state index in [0.29, 0.717) is 24.7 Å². The van der Waals surface area contributed by atoms with Crippen molar-refractivity contribution in [1.29, 1.82) is 0 Å². The Morgan fingerprint density at radius 1 is 1.21 bits per heavy atom. The predicted molar refractivity (Wildman–Crippen MR) is 85.5 cm³/mol. The van der Waals surface area contributed by atoms with Crippen molar-refractivity contribution in [2.75, 3.05) is 6.54 Å². The van der Waals surface area contributed by atoms with Crippen LogP contribution in [-0.4, -0.2) is 44.3 Å². The Kier molecular flexibility index (Phi) is 4.59. The molecule has 1 atom stereocenters. The van der Waals surface area contributed by atoms with Crippen molar-refractivity contribution in [2.45, 2.75) is 39.4 Å². The summed E-state index contributed by atoms with van der Waals surface area (Å²) in [5, 5.41) is 3.82. The van der Waals surface area contributed by atoms with E-state index in [1.54, 1.807) is 11.8 Å². The van der Waals surface area contributed by atoms with Gasteiger partial charge in [-0.2, -0.15) is 4.98 Å². The van der Waals surface area contributed by atoms with E-state index < -0.39 is 6.04 Å². The number of hydrogen-bond acceptors (Lipinski definition) is 5. The fourth-order valence-electron chi connectivity index (χ4n) is 2.75. The van der Waals surface area contributed by atoms with Crippen LogP contribution in [0, 0.1) is 0 Å². The second kappa shape index (κ2) is 6.82. The van der Waals surface area contributed by atoms with Crippen LogP contribution in [0.4, 0.5) is 0 Å². The largest absolute Gasteiger partial charge is 0.337 e. The summed E-state index contributed by atoms with van der Waals surface area (Å²) in [6, 6.07) is 9.10. The number of piperazine rings is 1. The first kappa shape index (κ1) is 16.2. The highest BCUT2D eigenvalue weighted by Gasteiger charge is 2.37. The summed E-state index contributed by atoms with van der Waals surface area (Å²) in [5.74, 6) is 0.762. The quantitative estimate of drug-likeness (QED) is 0.829. The number of aromatic nitrogens is 2. The lowest BCUT2D eigenvalue weighted by Crippen LogP contribution is -2.58. The lowest BCUT2D eigenvalue weighted by atomic mass is 10.1. The number of amides is 2. The molecule has 0 radical (unpaired) electrons. The molecule has 7 heteroatoms. The van der Waals surface area contributed by atoms with Gasteiger partial charge in [0.25, 0.3) is 0 Å². The molecule has 0 N–H and O–H groups in total. The van der Waals surface area contributed by atoms with Crippen LogP contribution in [0.2, 0.25) is 0 Å². The van der Waals surface area contributed by atoms with Gasteiger partial charge in [-0.05, 0) is 12.5 Å². The van der Waals surface area contributed by atoms with E-state index in [-0.39, 0.29) is 24.9 Å². The monoisotopic (exact) mass is 328 g/mol. The summed E-state index contributed by atoms with van der Waals surface area (Å²) in [6.07, 6.45) is 0.663. The predicted octanol–water partition coefficient (Wildman–Crippen LogP) is 1.39. The fourth-order valence-corrected chi connectivity index (χ4v) is 2.75. The average molecular weight is 328 g/mol. The van der Waals surface area contributed by atoms with Crippen molar-refractivity contribution in [3.8, 4) is 0 Å². The molecule has 3 rings (SSSR count). The first-order valence-corrected chi connectivity index (χ1v) is 8.02. The number of hydrogen-bond donors (Lipinski definition) is 0. The lowest BCUT2D eigenvalue weighted by molar-refractivity contribution is -0.156. The number of nitrogens with zero attached hydrogens (tertiary/aromatic N) is 4. The Morgan fingerprint density at radius 3 is 2.62 bits per heavy atom. The number of rotatable bonds is 5. The molecule has 1 aromatic heterocycles. The normalized spacial score (nSPS) is 18.3. The summed E-state index contributed by atoms with van der Waals surface area (Å²) in [6.45, 7) is 4.32. The molecule has 0 spiro atoms. The van der Waals surface area contributed by atoms with Crippen molar-refractivity contribution < 1.29 is 14.1 Å². The van der Waals surface area contributed by atoms with Crippen molar-refractivity contribution in [1.82, 2.24) is 19.9 Å². The first-order valence-electron chi connectivity index (χ1n) is 8.02. The minimum absolute atomic E-state index is 0.0623. The molecule has 24 heavy (non-hydrogen) atoms. The van der Waals surface area contributed by atoms with E-state index >= 15 is 0 Å². The van der Waals surface area contributed by atoms with Crippen LogP contribution in [0.3, 0.4) is 0 Å². The molecule has 1 saturated heterocycles. The van der Waals surface area contributed by atoms with Crippen LogP contribution in [0.25, 0.3) is 0 Å². The third-order valence-electron chi connectivity index (χ3n) is 4.13. The van der Waals surface area contributed by atoms with Crippen molar-refractivity contribution >= 4 is 11.8 Å². The number of benzene rings is 1. The highest BCUT2D eigenvalue weighted by Crippen LogP contribution is 2.18. The van der Waals surface area contributed by atoms with E-state index in [2.05, 4.69) is 10.1 Å². The summed E-state index contributed by atoms with van der Waals surface area (Å²) in [7, 11) is 0. The Balaban J connectivity index is 1.69. The van der Waals surface area contributed by atoms with Gasteiger partial charge in [0.1, 0.15) is 19.1 Å². The molecule has 2 heterocycles. The molecule has 2 amide bonds. The van der Waals surface area contributed by atoms with Crippen LogP contribution >= 0.6 is 0 Å². The molecule has 0 aliphatic carbocycles. The van der Waals surface area contributed by atoms with E-state index in [9.17, 15) is 9.59 Å². The molecule has 7 nitrogen and oxygen atoms in total. The third-order valence-corrected chi connectivity index (χ3v) is 4.13. The summed E-state index contributed by atoms with van der Waals surface area (Å²) < 4.78 is 5.13. The molecule has 1 aliphatic rings. The molecule has 1 aromatic carbocycles. The van der Waals surface area contributed by atoms with Gasteiger partial charge in [0.05, 0.1) is 0 Å². The highest BCUT2D eigenvalue weighted by atomic mass is 16.5. The summed E-state index contributed by atoms with van der Waals surface area (Å²) in [5.41, 5.74) is 1.00. The molecule has 0 unspecified atom stereocenters. The zero-order valence-corrected chi connectivity index (χ0v) is 13.8. The maximum atomic E-state index is 12.6. The van der Waals surface area contributed by atoms with Crippen LogP contribution < -0.4 is 0 Å². The van der Waals surface area contributed by atoms with Gasteiger partial charge in [-0.25, -0.2) is 0 Å². The maximum Gasteiger partial charge on any atom is 0.246 e. The molecule has 1 fully saturated rings. The van der Waals surface area contributed by atoms with E-state index in [1.165, 1.54) is 4.90 Å². The van der Waals surface area contributed by atoms with Gasteiger partial charge < -0.3 is 14.3 Å². The molecule has 2 aromatic rings. The number of carbonyl (C=O) groups excluding carboxylic acids is 2. The molecule has 0 saturated carbocycles. The van der Waals surface area contributed by atoms with Gasteiger partial charge in [0, 0.05) is 13.0 Å². The molecular weight excluding hydrogens is 308 g/mol. The Hall–Kier alpha value is -2.70. The topological polar surface area (TPSA) is 79.5 Å². The first-order chi connectivity index (χ1) is 11.6. The van der Waals surface area contributed by atoms with Crippen LogP contribution in [0.5, 0.6) is 0 Å². The SMILES string of the molecule is CCc1noc(CN2C(=O)CN(Cc3ccccc3)C(=O)[C@H]2C)n1. The second-order valence-corrected chi connectivity index (χ2v) is 5.84. The van der Waals surface area contributed by atoms with Gasteiger partial charge in [0.15, 0.2) is 5.82 Å². The van der Waals surface area contributed by atoms with Crippen molar-refractivity contribution in [3.05, 3.63) is 47.6 Å². The van der Waals surface area contributed by atoms with E-state index in [4.69, 9.17) is 4.52 Å². The molecule has 126 valence electrons. The van der Waals surface area contributed by atoms with Crippen LogP contribution in [0.15, 0.2) is 34.9 Å². The lowest BCUT2D eigenvalue weighted by Gasteiger charge is -2.38. The highest BCUT2D eigenvalue weighted by molar-refractivity contribution is 5.94. The van der Waals surface area contributed by atoms with Crippen LogP contribution in [-0.2, 0) is 29.1 Å². The maximum absolute atomic E-state index is 12.6. The molecular formula is C17H20N4O3. The third kappa shape index (κ3) is 3.29. The van der Waals surface area contributed by atoms with Crippen molar-refractivity contribution in [3.63, 3.8) is 0 Å². The van der Waals surface area contributed by atoms with E-state index in [1.807, 2.05) is 37.3 Å². The fraction of sp³-hybridized carbons (Fsp3) is 0.412. The average Bonchev–Trinajstić information content (AvgIpc) is 3.05.